The fourth-order valence-electron chi connectivity index (χ4n) is 4.16. The normalized spacial score (nSPS) is 17.6. The minimum atomic E-state index is 0.213. The molecule has 0 unspecified atom stereocenters. The average Bonchev–Trinajstić information content (AvgIpc) is 3.15. The molecule has 0 bridgehead atoms. The lowest BCUT2D eigenvalue weighted by atomic mass is 10.1. The number of rotatable bonds is 6. The van der Waals surface area contributed by atoms with Crippen molar-refractivity contribution < 1.29 is 9.53 Å². The number of amides is 1. The second-order valence-electron chi connectivity index (χ2n) is 7.72. The largest absolute Gasteiger partial charge is 0.497 e. The Kier molecular flexibility index (Phi) is 5.81. The predicted octanol–water partition coefficient (Wildman–Crippen LogP) is 3.17. The SMILES string of the molecule is COc1cccc(CN2CCN(C(=O)CCn3ccc4ccncc43)[C@H](C)C2)c1. The van der Waals surface area contributed by atoms with Crippen molar-refractivity contribution in [2.75, 3.05) is 26.7 Å². The number of benzene rings is 1. The van der Waals surface area contributed by atoms with E-state index in [0.717, 1.165) is 42.8 Å². The Morgan fingerprint density at radius 1 is 1.24 bits per heavy atom. The van der Waals surface area contributed by atoms with Crippen LogP contribution in [0.3, 0.4) is 0 Å². The molecule has 1 amide bonds. The highest BCUT2D eigenvalue weighted by molar-refractivity contribution is 5.80. The van der Waals surface area contributed by atoms with Crippen LogP contribution in [0.25, 0.3) is 10.9 Å². The summed E-state index contributed by atoms with van der Waals surface area (Å²) < 4.78 is 7.44. The van der Waals surface area contributed by atoms with Crippen LogP contribution < -0.4 is 4.74 Å². The summed E-state index contributed by atoms with van der Waals surface area (Å²) in [5.74, 6) is 1.11. The molecule has 0 N–H and O–H groups in total. The van der Waals surface area contributed by atoms with Gasteiger partial charge in [-0.1, -0.05) is 12.1 Å². The summed E-state index contributed by atoms with van der Waals surface area (Å²) in [6, 6.07) is 12.5. The number of pyridine rings is 1. The Morgan fingerprint density at radius 2 is 2.14 bits per heavy atom. The fourth-order valence-corrected chi connectivity index (χ4v) is 4.16. The quantitative estimate of drug-likeness (QED) is 0.647. The van der Waals surface area contributed by atoms with Crippen molar-refractivity contribution in [2.45, 2.75) is 32.5 Å². The van der Waals surface area contributed by atoms with Crippen LogP contribution in [0.15, 0.2) is 55.0 Å². The summed E-state index contributed by atoms with van der Waals surface area (Å²) in [4.78, 5) is 21.5. The molecule has 0 spiro atoms. The zero-order chi connectivity index (χ0) is 20.2. The third-order valence-electron chi connectivity index (χ3n) is 5.72. The van der Waals surface area contributed by atoms with Gasteiger partial charge in [-0.3, -0.25) is 14.7 Å². The highest BCUT2D eigenvalue weighted by Gasteiger charge is 2.27. The van der Waals surface area contributed by atoms with E-state index >= 15 is 0 Å². The maximum Gasteiger partial charge on any atom is 0.224 e. The first kappa shape index (κ1) is 19.5. The average molecular weight is 393 g/mol. The van der Waals surface area contributed by atoms with Gasteiger partial charge in [-0.15, -0.1) is 0 Å². The van der Waals surface area contributed by atoms with Gasteiger partial charge in [0.2, 0.25) is 5.91 Å². The summed E-state index contributed by atoms with van der Waals surface area (Å²) in [5, 5.41) is 1.16. The summed E-state index contributed by atoms with van der Waals surface area (Å²) in [6.45, 7) is 6.27. The number of aryl methyl sites for hydroxylation is 1. The van der Waals surface area contributed by atoms with Crippen LogP contribution in [0.2, 0.25) is 0 Å². The van der Waals surface area contributed by atoms with E-state index in [1.807, 2.05) is 35.5 Å². The van der Waals surface area contributed by atoms with Crippen molar-refractivity contribution >= 4 is 16.8 Å². The van der Waals surface area contributed by atoms with Gasteiger partial charge in [-0.2, -0.15) is 0 Å². The lowest BCUT2D eigenvalue weighted by Gasteiger charge is -2.40. The minimum absolute atomic E-state index is 0.213. The van der Waals surface area contributed by atoms with Crippen molar-refractivity contribution in [3.05, 3.63) is 60.6 Å². The molecule has 6 heteroatoms. The van der Waals surface area contributed by atoms with Gasteiger partial charge < -0.3 is 14.2 Å². The van der Waals surface area contributed by atoms with Crippen LogP contribution in [0.1, 0.15) is 18.9 Å². The topological polar surface area (TPSA) is 50.6 Å². The van der Waals surface area contributed by atoms with E-state index < -0.39 is 0 Å². The Labute approximate surface area is 171 Å². The number of carbonyl (C=O) groups excluding carboxylic acids is 1. The van der Waals surface area contributed by atoms with E-state index in [1.54, 1.807) is 13.3 Å². The Bertz CT molecular complexity index is 984. The summed E-state index contributed by atoms with van der Waals surface area (Å²) in [7, 11) is 1.69. The molecule has 6 nitrogen and oxygen atoms in total. The third kappa shape index (κ3) is 4.43. The number of ether oxygens (including phenoxy) is 1. The molecule has 1 aromatic carbocycles. The molecular weight excluding hydrogens is 364 g/mol. The van der Waals surface area contributed by atoms with Crippen LogP contribution in [0, 0.1) is 0 Å². The lowest BCUT2D eigenvalue weighted by Crippen LogP contribution is -2.53. The summed E-state index contributed by atoms with van der Waals surface area (Å²) >= 11 is 0. The molecule has 152 valence electrons. The van der Waals surface area contributed by atoms with E-state index in [2.05, 4.69) is 39.6 Å². The molecular formula is C23H28N4O2. The van der Waals surface area contributed by atoms with E-state index in [-0.39, 0.29) is 11.9 Å². The highest BCUT2D eigenvalue weighted by Crippen LogP contribution is 2.19. The van der Waals surface area contributed by atoms with E-state index in [1.165, 1.54) is 5.56 Å². The molecule has 0 aliphatic carbocycles. The zero-order valence-electron chi connectivity index (χ0n) is 17.1. The molecule has 4 rings (SSSR count). The molecule has 29 heavy (non-hydrogen) atoms. The Morgan fingerprint density at radius 3 is 2.97 bits per heavy atom. The van der Waals surface area contributed by atoms with E-state index in [4.69, 9.17) is 4.74 Å². The number of hydrogen-bond acceptors (Lipinski definition) is 4. The first-order chi connectivity index (χ1) is 14.1. The number of hydrogen-bond donors (Lipinski definition) is 0. The monoisotopic (exact) mass is 392 g/mol. The highest BCUT2D eigenvalue weighted by atomic mass is 16.5. The second-order valence-corrected chi connectivity index (χ2v) is 7.72. The molecule has 3 aromatic rings. The van der Waals surface area contributed by atoms with Crippen molar-refractivity contribution in [3.8, 4) is 5.75 Å². The standard InChI is InChI=1S/C23H28N4O2/c1-18-16-25(17-19-4-3-5-21(14-19)29-2)12-13-27(18)23(28)8-11-26-10-7-20-6-9-24-15-22(20)26/h3-7,9-10,14-15,18H,8,11-13,16-17H2,1-2H3/t18-/m1/s1. The van der Waals surface area contributed by atoms with E-state index in [0.29, 0.717) is 13.0 Å². The second kappa shape index (κ2) is 8.66. The molecule has 3 heterocycles. The van der Waals surface area contributed by atoms with Gasteiger partial charge in [0.25, 0.3) is 0 Å². The van der Waals surface area contributed by atoms with Gasteiger partial charge in [-0.25, -0.2) is 0 Å². The molecule has 0 saturated carbocycles. The van der Waals surface area contributed by atoms with Gasteiger partial charge >= 0.3 is 0 Å². The van der Waals surface area contributed by atoms with Crippen molar-refractivity contribution in [2.24, 2.45) is 0 Å². The van der Waals surface area contributed by atoms with Crippen LogP contribution in [0.5, 0.6) is 5.75 Å². The maximum absolute atomic E-state index is 12.9. The van der Waals surface area contributed by atoms with Gasteiger partial charge in [0.05, 0.1) is 18.8 Å². The first-order valence-electron chi connectivity index (χ1n) is 10.2. The number of methoxy groups -OCH3 is 1. The Hall–Kier alpha value is -2.86. The molecule has 1 atom stereocenters. The maximum atomic E-state index is 12.9. The summed E-state index contributed by atoms with van der Waals surface area (Å²) in [5.41, 5.74) is 2.32. The van der Waals surface area contributed by atoms with E-state index in [9.17, 15) is 4.79 Å². The van der Waals surface area contributed by atoms with Crippen LogP contribution >= 0.6 is 0 Å². The molecule has 1 saturated heterocycles. The third-order valence-corrected chi connectivity index (χ3v) is 5.72. The molecule has 1 aliphatic heterocycles. The number of nitrogens with zero attached hydrogens (tertiary/aromatic N) is 4. The van der Waals surface area contributed by atoms with Crippen molar-refractivity contribution in [1.82, 2.24) is 19.4 Å². The fraction of sp³-hybridized carbons (Fsp3) is 0.391. The number of piperazine rings is 1. The molecule has 1 aliphatic rings. The van der Waals surface area contributed by atoms with Crippen LogP contribution in [-0.2, 0) is 17.9 Å². The summed E-state index contributed by atoms with van der Waals surface area (Å²) in [6.07, 6.45) is 6.21. The van der Waals surface area contributed by atoms with Gasteiger partial charge in [-0.05, 0) is 36.8 Å². The predicted molar refractivity (Wildman–Crippen MR) is 114 cm³/mol. The van der Waals surface area contributed by atoms with Crippen LogP contribution in [-0.4, -0.2) is 58.0 Å². The number of aromatic nitrogens is 2. The molecule has 1 fully saturated rings. The van der Waals surface area contributed by atoms with Crippen molar-refractivity contribution in [1.29, 1.82) is 0 Å². The number of carbonyl (C=O) groups is 1. The first-order valence-corrected chi connectivity index (χ1v) is 10.2. The van der Waals surface area contributed by atoms with Crippen LogP contribution in [0.4, 0.5) is 0 Å². The van der Waals surface area contributed by atoms with Gasteiger partial charge in [0.1, 0.15) is 5.75 Å². The zero-order valence-corrected chi connectivity index (χ0v) is 17.1. The smallest absolute Gasteiger partial charge is 0.224 e. The van der Waals surface area contributed by atoms with Crippen molar-refractivity contribution in [3.63, 3.8) is 0 Å². The van der Waals surface area contributed by atoms with Gasteiger partial charge in [0, 0.05) is 63.0 Å². The molecule has 2 aromatic heterocycles. The number of fused-ring (bicyclic) bond motifs is 1. The lowest BCUT2D eigenvalue weighted by molar-refractivity contribution is -0.136. The minimum Gasteiger partial charge on any atom is -0.497 e. The molecule has 0 radical (unpaired) electrons. The Balaban J connectivity index is 1.31. The van der Waals surface area contributed by atoms with Gasteiger partial charge in [0.15, 0.2) is 0 Å².